The molecule has 4 rings (SSSR count). The van der Waals surface area contributed by atoms with Crippen LogP contribution in [0.25, 0.3) is 10.8 Å². The highest BCUT2D eigenvalue weighted by Gasteiger charge is 2.27. The van der Waals surface area contributed by atoms with Gasteiger partial charge in [0.15, 0.2) is 0 Å². The molecule has 0 spiro atoms. The second kappa shape index (κ2) is 5.76. The first kappa shape index (κ1) is 13.3. The van der Waals surface area contributed by atoms with E-state index in [2.05, 4.69) is 57.6 Å². The summed E-state index contributed by atoms with van der Waals surface area (Å²) in [6.07, 6.45) is 0. The van der Waals surface area contributed by atoms with Crippen LogP contribution < -0.4 is 5.32 Å². The fourth-order valence-corrected chi connectivity index (χ4v) is 3.41. The first-order valence-corrected chi connectivity index (χ1v) is 8.03. The number of hydrogen-bond donors (Lipinski definition) is 1. The maximum absolute atomic E-state index is 3.37. The fraction of sp³-hybridized carbons (Fsp3) is 0.444. The Morgan fingerprint density at radius 3 is 2.38 bits per heavy atom. The lowest BCUT2D eigenvalue weighted by atomic mass is 10.1. The van der Waals surface area contributed by atoms with E-state index >= 15 is 0 Å². The molecule has 2 saturated heterocycles. The maximum atomic E-state index is 3.37. The lowest BCUT2D eigenvalue weighted by Crippen LogP contribution is -2.61. The topological polar surface area (TPSA) is 18.5 Å². The summed E-state index contributed by atoms with van der Waals surface area (Å²) in [5, 5.41) is 6.06. The van der Waals surface area contributed by atoms with Crippen molar-refractivity contribution in [3.63, 3.8) is 0 Å². The molecule has 2 aromatic carbocycles. The van der Waals surface area contributed by atoms with Crippen molar-refractivity contribution in [3.8, 4) is 0 Å². The standard InChI is InChI=1S/C18H23N3/c1-2-4-17-11-15(5-6-16(17)3-1)14-20-7-9-21(10-8-20)18-12-19-13-18/h1-6,11,18-19H,7-10,12-14H2. The second-order valence-corrected chi connectivity index (χ2v) is 6.31. The highest BCUT2D eigenvalue weighted by atomic mass is 15.3. The van der Waals surface area contributed by atoms with Gasteiger partial charge < -0.3 is 5.32 Å². The summed E-state index contributed by atoms with van der Waals surface area (Å²) < 4.78 is 0. The lowest BCUT2D eigenvalue weighted by Gasteiger charge is -2.43. The van der Waals surface area contributed by atoms with Gasteiger partial charge in [-0.25, -0.2) is 0 Å². The first-order chi connectivity index (χ1) is 10.4. The number of piperazine rings is 1. The third-order valence-corrected chi connectivity index (χ3v) is 4.90. The Kier molecular flexibility index (Phi) is 3.63. The zero-order chi connectivity index (χ0) is 14.1. The molecule has 2 fully saturated rings. The largest absolute Gasteiger partial charge is 0.314 e. The van der Waals surface area contributed by atoms with Gasteiger partial charge in [0.05, 0.1) is 0 Å². The van der Waals surface area contributed by atoms with Gasteiger partial charge in [0, 0.05) is 51.9 Å². The summed E-state index contributed by atoms with van der Waals surface area (Å²) in [7, 11) is 0. The minimum atomic E-state index is 0.799. The van der Waals surface area contributed by atoms with Gasteiger partial charge in [-0.1, -0.05) is 36.4 Å². The smallest absolute Gasteiger partial charge is 0.0346 e. The van der Waals surface area contributed by atoms with E-state index in [0.717, 1.165) is 12.6 Å². The highest BCUT2D eigenvalue weighted by Crippen LogP contribution is 2.18. The van der Waals surface area contributed by atoms with E-state index in [1.54, 1.807) is 0 Å². The van der Waals surface area contributed by atoms with Crippen LogP contribution >= 0.6 is 0 Å². The zero-order valence-electron chi connectivity index (χ0n) is 12.5. The number of nitrogens with zero attached hydrogens (tertiary/aromatic N) is 2. The lowest BCUT2D eigenvalue weighted by molar-refractivity contribution is 0.0696. The molecule has 1 N–H and O–H groups in total. The summed E-state index contributed by atoms with van der Waals surface area (Å²) in [5.41, 5.74) is 1.44. The second-order valence-electron chi connectivity index (χ2n) is 6.31. The number of rotatable bonds is 3. The van der Waals surface area contributed by atoms with Gasteiger partial charge in [-0.15, -0.1) is 0 Å². The SMILES string of the molecule is c1ccc2cc(CN3CCN(C4CNC4)CC3)ccc2c1. The van der Waals surface area contributed by atoms with E-state index in [1.807, 2.05) is 0 Å². The van der Waals surface area contributed by atoms with Crippen molar-refractivity contribution in [3.05, 3.63) is 48.0 Å². The van der Waals surface area contributed by atoms with Crippen LogP contribution in [0.15, 0.2) is 42.5 Å². The molecule has 0 aromatic heterocycles. The van der Waals surface area contributed by atoms with E-state index in [9.17, 15) is 0 Å². The average Bonchev–Trinajstić information content (AvgIpc) is 2.47. The molecule has 2 heterocycles. The van der Waals surface area contributed by atoms with Crippen molar-refractivity contribution < 1.29 is 0 Å². The minimum absolute atomic E-state index is 0.799. The van der Waals surface area contributed by atoms with Crippen molar-refractivity contribution >= 4 is 10.8 Å². The van der Waals surface area contributed by atoms with Crippen LogP contribution in [-0.4, -0.2) is 55.1 Å². The summed E-state index contributed by atoms with van der Waals surface area (Å²) in [6, 6.07) is 16.3. The van der Waals surface area contributed by atoms with Crippen LogP contribution in [0.5, 0.6) is 0 Å². The molecule has 0 bridgehead atoms. The van der Waals surface area contributed by atoms with Gasteiger partial charge >= 0.3 is 0 Å². The quantitative estimate of drug-likeness (QED) is 0.927. The molecule has 0 unspecified atom stereocenters. The number of nitrogens with one attached hydrogen (secondary N) is 1. The molecule has 21 heavy (non-hydrogen) atoms. The van der Waals surface area contributed by atoms with Crippen molar-refractivity contribution in [2.24, 2.45) is 0 Å². The molecule has 3 heteroatoms. The number of hydrogen-bond acceptors (Lipinski definition) is 3. The normalized spacial score (nSPS) is 21.5. The van der Waals surface area contributed by atoms with Crippen LogP contribution in [-0.2, 0) is 6.54 Å². The van der Waals surface area contributed by atoms with Crippen LogP contribution in [0, 0.1) is 0 Å². The van der Waals surface area contributed by atoms with Crippen LogP contribution in [0.2, 0.25) is 0 Å². The van der Waals surface area contributed by atoms with Crippen LogP contribution in [0.3, 0.4) is 0 Å². The Hall–Kier alpha value is -1.42. The molecule has 0 saturated carbocycles. The molecule has 2 aliphatic heterocycles. The summed E-state index contributed by atoms with van der Waals surface area (Å²) in [6.45, 7) is 8.30. The molecular formula is C18H23N3. The van der Waals surface area contributed by atoms with E-state index in [0.29, 0.717) is 0 Å². The molecule has 0 radical (unpaired) electrons. The maximum Gasteiger partial charge on any atom is 0.0346 e. The van der Waals surface area contributed by atoms with Crippen molar-refractivity contribution in [2.75, 3.05) is 39.3 Å². The molecule has 0 atom stereocenters. The number of benzene rings is 2. The Balaban J connectivity index is 1.39. The van der Waals surface area contributed by atoms with Gasteiger partial charge in [0.1, 0.15) is 0 Å². The molecular weight excluding hydrogens is 258 g/mol. The van der Waals surface area contributed by atoms with Gasteiger partial charge in [-0.05, 0) is 22.4 Å². The molecule has 3 nitrogen and oxygen atoms in total. The van der Waals surface area contributed by atoms with Gasteiger partial charge in [-0.2, -0.15) is 0 Å². The van der Waals surface area contributed by atoms with Crippen molar-refractivity contribution in [1.82, 2.24) is 15.1 Å². The molecule has 0 amide bonds. The van der Waals surface area contributed by atoms with Gasteiger partial charge in [0.25, 0.3) is 0 Å². The van der Waals surface area contributed by atoms with Crippen molar-refractivity contribution in [1.29, 1.82) is 0 Å². The number of fused-ring (bicyclic) bond motifs is 1. The predicted octanol–water partition coefficient (Wildman–Crippen LogP) is 1.93. The predicted molar refractivity (Wildman–Crippen MR) is 87.5 cm³/mol. The highest BCUT2D eigenvalue weighted by molar-refractivity contribution is 5.82. The van der Waals surface area contributed by atoms with Crippen LogP contribution in [0.4, 0.5) is 0 Å². The van der Waals surface area contributed by atoms with Gasteiger partial charge in [-0.3, -0.25) is 9.80 Å². The molecule has 2 aromatic rings. The molecule has 0 aliphatic carbocycles. The minimum Gasteiger partial charge on any atom is -0.314 e. The summed E-state index contributed by atoms with van der Waals surface area (Å²) in [4.78, 5) is 5.24. The molecule has 110 valence electrons. The summed E-state index contributed by atoms with van der Waals surface area (Å²) in [5.74, 6) is 0. The van der Waals surface area contributed by atoms with E-state index < -0.39 is 0 Å². The summed E-state index contributed by atoms with van der Waals surface area (Å²) >= 11 is 0. The zero-order valence-corrected chi connectivity index (χ0v) is 12.5. The first-order valence-electron chi connectivity index (χ1n) is 8.03. The van der Waals surface area contributed by atoms with Crippen LogP contribution in [0.1, 0.15) is 5.56 Å². The third kappa shape index (κ3) is 2.82. The molecule has 2 aliphatic rings. The monoisotopic (exact) mass is 281 g/mol. The Labute approximate surface area is 126 Å². The Bertz CT molecular complexity index is 613. The third-order valence-electron chi connectivity index (χ3n) is 4.90. The van der Waals surface area contributed by atoms with E-state index in [1.165, 1.54) is 55.6 Å². The van der Waals surface area contributed by atoms with E-state index in [4.69, 9.17) is 0 Å². The van der Waals surface area contributed by atoms with Crippen molar-refractivity contribution in [2.45, 2.75) is 12.6 Å². The van der Waals surface area contributed by atoms with E-state index in [-0.39, 0.29) is 0 Å². The average molecular weight is 281 g/mol. The van der Waals surface area contributed by atoms with Gasteiger partial charge in [0.2, 0.25) is 0 Å². The Morgan fingerprint density at radius 2 is 1.67 bits per heavy atom. The fourth-order valence-electron chi connectivity index (χ4n) is 3.41. The Morgan fingerprint density at radius 1 is 0.905 bits per heavy atom.